The summed E-state index contributed by atoms with van der Waals surface area (Å²) in [4.78, 5) is 0. The van der Waals surface area contributed by atoms with E-state index in [1.165, 1.54) is 17.2 Å². The van der Waals surface area contributed by atoms with Crippen molar-refractivity contribution in [2.24, 2.45) is 0 Å². The highest BCUT2D eigenvalue weighted by Crippen LogP contribution is 2.36. The van der Waals surface area contributed by atoms with Crippen LogP contribution in [0.4, 0.5) is 4.39 Å². The predicted octanol–water partition coefficient (Wildman–Crippen LogP) is 2.83. The maximum atomic E-state index is 13.6. The first kappa shape index (κ1) is 15.8. The molecule has 2 aromatic carbocycles. The lowest BCUT2D eigenvalue weighted by Crippen LogP contribution is -2.87. The molecule has 0 aromatic heterocycles. The van der Waals surface area contributed by atoms with Crippen LogP contribution in [0.1, 0.15) is 36.6 Å². The van der Waals surface area contributed by atoms with E-state index in [2.05, 4.69) is 17.4 Å². The highest BCUT2D eigenvalue weighted by molar-refractivity contribution is 5.50. The predicted molar refractivity (Wildman–Crippen MR) is 87.5 cm³/mol. The molecule has 0 fully saturated rings. The van der Waals surface area contributed by atoms with Crippen molar-refractivity contribution in [1.82, 2.24) is 0 Å². The molecular weight excluding hydrogens is 293 g/mol. The molecule has 3 nitrogen and oxygen atoms in total. The van der Waals surface area contributed by atoms with Gasteiger partial charge >= 0.3 is 0 Å². The number of halogens is 1. The van der Waals surface area contributed by atoms with Gasteiger partial charge in [-0.3, -0.25) is 0 Å². The van der Waals surface area contributed by atoms with E-state index in [0.29, 0.717) is 13.2 Å². The SMILES string of the molecule is CCOc1cc2c(cc1OCC)[C@H](c1cccc(F)c1)[NH2+]CC2. The van der Waals surface area contributed by atoms with Crippen molar-refractivity contribution in [2.75, 3.05) is 19.8 Å². The molecule has 0 saturated heterocycles. The fourth-order valence-electron chi connectivity index (χ4n) is 3.21. The molecule has 0 radical (unpaired) electrons. The molecular formula is C19H23FNO2+. The Balaban J connectivity index is 2.05. The summed E-state index contributed by atoms with van der Waals surface area (Å²) in [6.07, 6.45) is 0.980. The molecule has 0 unspecified atom stereocenters. The molecule has 2 N–H and O–H groups in total. The third-order valence-corrected chi connectivity index (χ3v) is 4.16. The van der Waals surface area contributed by atoms with Crippen molar-refractivity contribution in [2.45, 2.75) is 26.3 Å². The Hall–Kier alpha value is -2.07. The zero-order chi connectivity index (χ0) is 16.2. The van der Waals surface area contributed by atoms with Gasteiger partial charge in [-0.25, -0.2) is 4.39 Å². The van der Waals surface area contributed by atoms with Gasteiger partial charge in [-0.05, 0) is 43.7 Å². The zero-order valence-electron chi connectivity index (χ0n) is 13.6. The molecule has 0 bridgehead atoms. The summed E-state index contributed by atoms with van der Waals surface area (Å²) in [5.74, 6) is 1.37. The van der Waals surface area contributed by atoms with Crippen LogP contribution in [0, 0.1) is 5.82 Å². The third-order valence-electron chi connectivity index (χ3n) is 4.16. The summed E-state index contributed by atoms with van der Waals surface area (Å²) in [5.41, 5.74) is 3.43. The normalized spacial score (nSPS) is 16.7. The Kier molecular flexibility index (Phi) is 4.82. The van der Waals surface area contributed by atoms with Gasteiger partial charge < -0.3 is 14.8 Å². The third kappa shape index (κ3) is 3.32. The second kappa shape index (κ2) is 7.01. The highest BCUT2D eigenvalue weighted by Gasteiger charge is 2.27. The number of hydrogen-bond donors (Lipinski definition) is 1. The van der Waals surface area contributed by atoms with Gasteiger partial charge in [0, 0.05) is 17.5 Å². The van der Waals surface area contributed by atoms with Gasteiger partial charge in [-0.2, -0.15) is 0 Å². The Bertz CT molecular complexity index is 687. The summed E-state index contributed by atoms with van der Waals surface area (Å²) < 4.78 is 25.1. The molecule has 0 aliphatic carbocycles. The maximum Gasteiger partial charge on any atom is 0.161 e. The van der Waals surface area contributed by atoms with Gasteiger partial charge in [-0.15, -0.1) is 0 Å². The highest BCUT2D eigenvalue weighted by atomic mass is 19.1. The quantitative estimate of drug-likeness (QED) is 0.920. The number of fused-ring (bicyclic) bond motifs is 1. The molecule has 3 rings (SSSR count). The van der Waals surface area contributed by atoms with E-state index in [1.54, 1.807) is 12.1 Å². The molecule has 4 heteroatoms. The van der Waals surface area contributed by atoms with E-state index in [1.807, 2.05) is 19.9 Å². The number of ether oxygens (including phenoxy) is 2. The smallest absolute Gasteiger partial charge is 0.161 e. The molecule has 23 heavy (non-hydrogen) atoms. The number of quaternary nitrogens is 1. The van der Waals surface area contributed by atoms with Crippen LogP contribution in [0.5, 0.6) is 11.5 Å². The fraction of sp³-hybridized carbons (Fsp3) is 0.368. The molecule has 2 aromatic rings. The first-order valence-electron chi connectivity index (χ1n) is 8.24. The van der Waals surface area contributed by atoms with Crippen LogP contribution in [0.2, 0.25) is 0 Å². The lowest BCUT2D eigenvalue weighted by atomic mass is 9.89. The summed E-state index contributed by atoms with van der Waals surface area (Å²) in [6.45, 7) is 6.11. The molecule has 0 spiro atoms. The maximum absolute atomic E-state index is 13.6. The largest absolute Gasteiger partial charge is 0.490 e. The first-order chi connectivity index (χ1) is 11.2. The number of rotatable bonds is 5. The Labute approximate surface area is 136 Å². The van der Waals surface area contributed by atoms with E-state index in [0.717, 1.165) is 30.0 Å². The van der Waals surface area contributed by atoms with E-state index >= 15 is 0 Å². The minimum Gasteiger partial charge on any atom is -0.490 e. The van der Waals surface area contributed by atoms with Crippen molar-refractivity contribution in [3.63, 3.8) is 0 Å². The topological polar surface area (TPSA) is 35.1 Å². The van der Waals surface area contributed by atoms with Crippen LogP contribution < -0.4 is 14.8 Å². The lowest BCUT2D eigenvalue weighted by Gasteiger charge is -2.26. The second-order valence-corrected chi connectivity index (χ2v) is 5.67. The van der Waals surface area contributed by atoms with Gasteiger partial charge in [0.15, 0.2) is 11.5 Å². The molecule has 1 aliphatic rings. The van der Waals surface area contributed by atoms with Gasteiger partial charge in [0.25, 0.3) is 0 Å². The summed E-state index contributed by atoms with van der Waals surface area (Å²) in [5, 5.41) is 2.26. The standard InChI is InChI=1S/C19H22FNO2/c1-3-22-17-11-13-8-9-21-19(14-6-5-7-15(20)10-14)16(13)12-18(17)23-4-2/h5-7,10-12,19,21H,3-4,8-9H2,1-2H3/p+1/t19-/m0/s1. The Morgan fingerprint density at radius 2 is 1.83 bits per heavy atom. The van der Waals surface area contributed by atoms with Crippen LogP contribution in [0.15, 0.2) is 36.4 Å². The van der Waals surface area contributed by atoms with Crippen LogP contribution in [0.25, 0.3) is 0 Å². The monoisotopic (exact) mass is 316 g/mol. The molecule has 0 amide bonds. The van der Waals surface area contributed by atoms with Crippen LogP contribution in [-0.4, -0.2) is 19.8 Å². The summed E-state index contributed by atoms with van der Waals surface area (Å²) in [6, 6.07) is 11.1. The van der Waals surface area contributed by atoms with E-state index in [4.69, 9.17) is 9.47 Å². The van der Waals surface area contributed by atoms with E-state index in [9.17, 15) is 4.39 Å². The lowest BCUT2D eigenvalue weighted by molar-refractivity contribution is -0.690. The fourth-order valence-corrected chi connectivity index (χ4v) is 3.21. The molecule has 1 atom stereocenters. The molecule has 0 saturated carbocycles. The average Bonchev–Trinajstić information content (AvgIpc) is 2.55. The molecule has 1 aliphatic heterocycles. The molecule has 1 heterocycles. The summed E-state index contributed by atoms with van der Waals surface area (Å²) in [7, 11) is 0. The van der Waals surface area contributed by atoms with Gasteiger partial charge in [0.05, 0.1) is 19.8 Å². The number of nitrogens with two attached hydrogens (primary N) is 1. The van der Waals surface area contributed by atoms with Gasteiger partial charge in [-0.1, -0.05) is 12.1 Å². The van der Waals surface area contributed by atoms with Crippen molar-refractivity contribution < 1.29 is 19.2 Å². The Morgan fingerprint density at radius 1 is 1.09 bits per heavy atom. The second-order valence-electron chi connectivity index (χ2n) is 5.67. The van der Waals surface area contributed by atoms with E-state index < -0.39 is 0 Å². The van der Waals surface area contributed by atoms with Gasteiger partial charge in [0.2, 0.25) is 0 Å². The molecule has 122 valence electrons. The van der Waals surface area contributed by atoms with Gasteiger partial charge in [0.1, 0.15) is 11.9 Å². The average molecular weight is 316 g/mol. The zero-order valence-corrected chi connectivity index (χ0v) is 13.6. The summed E-state index contributed by atoms with van der Waals surface area (Å²) >= 11 is 0. The van der Waals surface area contributed by atoms with Crippen molar-refractivity contribution >= 4 is 0 Å². The number of hydrogen-bond acceptors (Lipinski definition) is 2. The first-order valence-corrected chi connectivity index (χ1v) is 8.24. The van der Waals surface area contributed by atoms with Crippen molar-refractivity contribution in [3.05, 3.63) is 58.9 Å². The number of benzene rings is 2. The van der Waals surface area contributed by atoms with Crippen LogP contribution in [-0.2, 0) is 6.42 Å². The van der Waals surface area contributed by atoms with E-state index in [-0.39, 0.29) is 11.9 Å². The van der Waals surface area contributed by atoms with Crippen LogP contribution >= 0.6 is 0 Å². The minimum absolute atomic E-state index is 0.101. The van der Waals surface area contributed by atoms with Crippen LogP contribution in [0.3, 0.4) is 0 Å². The minimum atomic E-state index is -0.195. The van der Waals surface area contributed by atoms with Crippen molar-refractivity contribution in [1.29, 1.82) is 0 Å². The van der Waals surface area contributed by atoms with Crippen molar-refractivity contribution in [3.8, 4) is 11.5 Å². The Morgan fingerprint density at radius 3 is 2.52 bits per heavy atom.